The minimum absolute atomic E-state index is 0. The minimum atomic E-state index is -4.41. The molecule has 0 radical (unpaired) electrons. The van der Waals surface area contributed by atoms with Crippen molar-refractivity contribution in [3.8, 4) is 0 Å². The van der Waals surface area contributed by atoms with Gasteiger partial charge in [-0.05, 0) is 30.7 Å². The molecule has 0 saturated carbocycles. The molecule has 1 unspecified atom stereocenters. The van der Waals surface area contributed by atoms with Gasteiger partial charge in [0.2, 0.25) is 5.91 Å². The maximum Gasteiger partial charge on any atom is 0.406 e. The fourth-order valence-corrected chi connectivity index (χ4v) is 2.95. The lowest BCUT2D eigenvalue weighted by Gasteiger charge is -2.19. The molecule has 2 N–H and O–H groups in total. The molecule has 0 fully saturated rings. The lowest BCUT2D eigenvalue weighted by molar-refractivity contribution is -0.157. The number of thiophene rings is 1. The Morgan fingerprint density at radius 2 is 2.08 bits per heavy atom. The van der Waals surface area contributed by atoms with Crippen LogP contribution in [0.15, 0.2) is 22.5 Å². The first kappa shape index (κ1) is 25.0. The van der Waals surface area contributed by atoms with E-state index in [-0.39, 0.29) is 30.5 Å². The molecule has 1 amide bonds. The van der Waals surface area contributed by atoms with E-state index < -0.39 is 18.6 Å². The van der Waals surface area contributed by atoms with Crippen molar-refractivity contribution < 1.29 is 18.0 Å². The lowest BCUT2D eigenvalue weighted by atomic mass is 10.1. The third kappa shape index (κ3) is 10.8. The van der Waals surface area contributed by atoms with Gasteiger partial charge in [0, 0.05) is 25.0 Å². The number of nitrogens with one attached hydrogen (secondary N) is 2. The zero-order valence-corrected chi connectivity index (χ0v) is 18.2. The number of nitrogens with zero attached hydrogens (tertiary/aromatic N) is 2. The van der Waals surface area contributed by atoms with Gasteiger partial charge in [-0.25, -0.2) is 4.99 Å². The summed E-state index contributed by atoms with van der Waals surface area (Å²) in [6, 6.07) is 4.09. The average molecular weight is 506 g/mol. The number of halogens is 4. The summed E-state index contributed by atoms with van der Waals surface area (Å²) in [5, 5.41) is 8.15. The summed E-state index contributed by atoms with van der Waals surface area (Å²) < 4.78 is 36.9. The standard InChI is InChI=1S/C16H25F3N4OS.HI/c1-4-20-15(21-9-12(2)8-13-6-5-7-25-13)22-10-14(24)23(3)11-16(17,18)19;/h5-7,12H,4,8-11H2,1-3H3,(H2,20,21,22);1H. The van der Waals surface area contributed by atoms with Gasteiger partial charge in [0.05, 0.1) is 0 Å². The number of hydrogen-bond donors (Lipinski definition) is 2. The number of carbonyl (C=O) groups excluding carboxylic acids is 1. The Bertz CT molecular complexity index is 552. The van der Waals surface area contributed by atoms with E-state index in [1.165, 1.54) is 4.88 Å². The van der Waals surface area contributed by atoms with Crippen molar-refractivity contribution in [2.24, 2.45) is 10.9 Å². The van der Waals surface area contributed by atoms with Crippen LogP contribution in [-0.2, 0) is 11.2 Å². The maximum absolute atomic E-state index is 12.3. The predicted molar refractivity (Wildman–Crippen MR) is 110 cm³/mol. The number of amides is 1. The first-order valence-electron chi connectivity index (χ1n) is 8.06. The van der Waals surface area contributed by atoms with E-state index in [2.05, 4.69) is 28.6 Å². The van der Waals surface area contributed by atoms with Gasteiger partial charge >= 0.3 is 6.18 Å². The highest BCUT2D eigenvalue weighted by Crippen LogP contribution is 2.15. The second-order valence-corrected chi connectivity index (χ2v) is 6.86. The second kappa shape index (κ2) is 12.4. The first-order valence-corrected chi connectivity index (χ1v) is 8.94. The van der Waals surface area contributed by atoms with Crippen molar-refractivity contribution in [3.05, 3.63) is 22.4 Å². The van der Waals surface area contributed by atoms with Crippen LogP contribution in [0.5, 0.6) is 0 Å². The molecular weight excluding hydrogens is 480 g/mol. The number of likely N-dealkylation sites (N-methyl/N-ethyl adjacent to an activating group) is 1. The van der Waals surface area contributed by atoms with Gasteiger partial charge in [-0.2, -0.15) is 13.2 Å². The molecular formula is C16H26F3IN4OS. The summed E-state index contributed by atoms with van der Waals surface area (Å²) in [6.07, 6.45) is -3.48. The second-order valence-electron chi connectivity index (χ2n) is 5.83. The third-order valence-corrected chi connectivity index (χ3v) is 4.21. The van der Waals surface area contributed by atoms with Crippen LogP contribution in [0, 0.1) is 5.92 Å². The van der Waals surface area contributed by atoms with Crippen LogP contribution < -0.4 is 10.6 Å². The van der Waals surface area contributed by atoms with Crippen LogP contribution in [-0.4, -0.2) is 56.2 Å². The van der Waals surface area contributed by atoms with Gasteiger partial charge in [-0.15, -0.1) is 35.3 Å². The van der Waals surface area contributed by atoms with E-state index in [9.17, 15) is 18.0 Å². The predicted octanol–water partition coefficient (Wildman–Crippen LogP) is 3.12. The van der Waals surface area contributed by atoms with Crippen molar-refractivity contribution >= 4 is 47.2 Å². The highest BCUT2D eigenvalue weighted by molar-refractivity contribution is 14.0. The quantitative estimate of drug-likeness (QED) is 0.324. The van der Waals surface area contributed by atoms with Crippen molar-refractivity contribution in [1.82, 2.24) is 15.5 Å². The molecule has 0 saturated heterocycles. The van der Waals surface area contributed by atoms with Crippen LogP contribution in [0.1, 0.15) is 18.7 Å². The number of hydrogen-bond acceptors (Lipinski definition) is 3. The van der Waals surface area contributed by atoms with E-state index in [1.807, 2.05) is 18.4 Å². The molecule has 10 heteroatoms. The highest BCUT2D eigenvalue weighted by atomic mass is 127. The molecule has 1 heterocycles. The normalized spacial score (nSPS) is 12.9. The number of carbonyl (C=O) groups is 1. The summed E-state index contributed by atoms with van der Waals surface area (Å²) in [7, 11) is 1.12. The molecule has 0 aromatic carbocycles. The molecule has 1 aromatic rings. The van der Waals surface area contributed by atoms with E-state index in [0.29, 0.717) is 29.9 Å². The summed E-state index contributed by atoms with van der Waals surface area (Å²) in [4.78, 5) is 17.7. The van der Waals surface area contributed by atoms with Crippen LogP contribution in [0.4, 0.5) is 13.2 Å². The summed E-state index contributed by atoms with van der Waals surface area (Å²) in [5.41, 5.74) is 0. The van der Waals surface area contributed by atoms with E-state index >= 15 is 0 Å². The Morgan fingerprint density at radius 1 is 1.38 bits per heavy atom. The van der Waals surface area contributed by atoms with Gasteiger partial charge in [0.1, 0.15) is 13.1 Å². The Labute approximate surface area is 173 Å². The van der Waals surface area contributed by atoms with Crippen LogP contribution in [0.25, 0.3) is 0 Å². The number of aliphatic imine (C=N–C) groups is 1. The van der Waals surface area contributed by atoms with Crippen molar-refractivity contribution in [1.29, 1.82) is 0 Å². The zero-order valence-electron chi connectivity index (χ0n) is 15.1. The number of guanidine groups is 1. The van der Waals surface area contributed by atoms with Crippen LogP contribution in [0.3, 0.4) is 0 Å². The topological polar surface area (TPSA) is 56.7 Å². The average Bonchev–Trinajstić information content (AvgIpc) is 3.00. The fraction of sp³-hybridized carbons (Fsp3) is 0.625. The molecule has 0 spiro atoms. The summed E-state index contributed by atoms with van der Waals surface area (Å²) in [6.45, 7) is 3.61. The molecule has 0 aliphatic heterocycles. The summed E-state index contributed by atoms with van der Waals surface area (Å²) >= 11 is 1.70. The molecule has 0 aliphatic carbocycles. The maximum atomic E-state index is 12.3. The molecule has 5 nitrogen and oxygen atoms in total. The molecule has 1 aromatic heterocycles. The van der Waals surface area contributed by atoms with Crippen molar-refractivity contribution in [2.45, 2.75) is 26.4 Å². The first-order chi connectivity index (χ1) is 11.7. The zero-order chi connectivity index (χ0) is 18.9. The van der Waals surface area contributed by atoms with Gasteiger partial charge in [0.15, 0.2) is 5.96 Å². The SMILES string of the molecule is CCNC(=NCC(=O)N(C)CC(F)(F)F)NCC(C)Cc1cccs1.I. The monoisotopic (exact) mass is 506 g/mol. The molecule has 1 rings (SSSR count). The van der Waals surface area contributed by atoms with Gasteiger partial charge in [-0.1, -0.05) is 13.0 Å². The fourth-order valence-electron chi connectivity index (χ4n) is 2.08. The Hall–Kier alpha value is -1.04. The summed E-state index contributed by atoms with van der Waals surface area (Å²) in [5.74, 6) is 0.0987. The number of alkyl halides is 3. The van der Waals surface area contributed by atoms with Gasteiger partial charge in [-0.3, -0.25) is 4.79 Å². The van der Waals surface area contributed by atoms with Crippen LogP contribution >= 0.6 is 35.3 Å². The van der Waals surface area contributed by atoms with Crippen molar-refractivity contribution in [3.63, 3.8) is 0 Å². The Kier molecular flexibility index (Phi) is 11.9. The van der Waals surface area contributed by atoms with E-state index in [4.69, 9.17) is 0 Å². The third-order valence-electron chi connectivity index (χ3n) is 3.31. The Morgan fingerprint density at radius 3 is 2.62 bits per heavy atom. The van der Waals surface area contributed by atoms with Crippen molar-refractivity contribution in [2.75, 3.05) is 33.2 Å². The molecule has 26 heavy (non-hydrogen) atoms. The van der Waals surface area contributed by atoms with E-state index in [1.54, 1.807) is 11.3 Å². The molecule has 0 bridgehead atoms. The molecule has 150 valence electrons. The lowest BCUT2D eigenvalue weighted by Crippen LogP contribution is -2.41. The van der Waals surface area contributed by atoms with E-state index in [0.717, 1.165) is 13.5 Å². The molecule has 0 aliphatic rings. The minimum Gasteiger partial charge on any atom is -0.357 e. The van der Waals surface area contributed by atoms with Gasteiger partial charge in [0.25, 0.3) is 0 Å². The Balaban J connectivity index is 0.00000625. The molecule has 1 atom stereocenters. The van der Waals surface area contributed by atoms with Gasteiger partial charge < -0.3 is 15.5 Å². The largest absolute Gasteiger partial charge is 0.406 e. The highest BCUT2D eigenvalue weighted by Gasteiger charge is 2.31. The van der Waals surface area contributed by atoms with Crippen LogP contribution in [0.2, 0.25) is 0 Å². The smallest absolute Gasteiger partial charge is 0.357 e. The number of rotatable bonds is 8.